The molecule has 0 aromatic carbocycles. The highest BCUT2D eigenvalue weighted by atomic mass is 31.2. The van der Waals surface area contributed by atoms with Gasteiger partial charge in [0, 0.05) is 13.0 Å². The van der Waals surface area contributed by atoms with Crippen molar-refractivity contribution in [2.24, 2.45) is 5.73 Å². The van der Waals surface area contributed by atoms with Gasteiger partial charge in [-0.05, 0) is 57.8 Å². The maximum Gasteiger partial charge on any atom is 0.472 e. The quantitative estimate of drug-likeness (QED) is 0.0243. The second-order valence-electron chi connectivity index (χ2n) is 14.0. The summed E-state index contributed by atoms with van der Waals surface area (Å²) in [5.41, 5.74) is 5.20. The number of esters is 1. The molecule has 0 saturated carbocycles. The molecule has 54 heavy (non-hydrogen) atoms. The van der Waals surface area contributed by atoms with Gasteiger partial charge in [0.15, 0.2) is 0 Å². The number of carbonyl (C=O) groups excluding carboxylic acids is 1. The largest absolute Gasteiger partial charge is 0.472 e. The molecular formula is C45H80NO7P. The molecule has 0 spiro atoms. The molecule has 2 unspecified atom stereocenters. The third kappa shape index (κ3) is 42.7. The summed E-state index contributed by atoms with van der Waals surface area (Å²) in [7, 11) is -4.25. The van der Waals surface area contributed by atoms with E-state index in [-0.39, 0.29) is 25.7 Å². The van der Waals surface area contributed by atoms with Gasteiger partial charge in [-0.2, -0.15) is 0 Å². The van der Waals surface area contributed by atoms with Gasteiger partial charge in [0.05, 0.1) is 13.2 Å². The number of hydrogen-bond acceptors (Lipinski definition) is 7. The zero-order valence-electron chi connectivity index (χ0n) is 34.2. The minimum absolute atomic E-state index is 0.0731. The van der Waals surface area contributed by atoms with Crippen LogP contribution in [0.1, 0.15) is 174 Å². The lowest BCUT2D eigenvalue weighted by Crippen LogP contribution is -2.23. The number of carbonyl (C=O) groups is 1. The molecule has 0 radical (unpaired) electrons. The summed E-state index contributed by atoms with van der Waals surface area (Å²) < 4.78 is 25.7. The minimum atomic E-state index is -4.25. The van der Waals surface area contributed by atoms with E-state index in [1.807, 2.05) is 0 Å². The van der Waals surface area contributed by atoms with E-state index in [9.17, 15) is 19.4 Å². The molecule has 0 aliphatic heterocycles. The number of nitrogens with two attached hydrogens (primary N) is 1. The molecule has 2 atom stereocenters. The normalized spacial score (nSPS) is 14.2. The topological polar surface area (TPSA) is 128 Å². The number of rotatable bonds is 40. The molecule has 9 heteroatoms. The number of allylic oxidation sites excluding steroid dienone is 12. The lowest BCUT2D eigenvalue weighted by atomic mass is 10.0. The van der Waals surface area contributed by atoms with Crippen molar-refractivity contribution >= 4 is 13.8 Å². The molecule has 4 N–H and O–H groups in total. The lowest BCUT2D eigenvalue weighted by molar-refractivity contribution is -0.147. The number of phosphoric ester groups is 1. The second kappa shape index (κ2) is 42.1. The van der Waals surface area contributed by atoms with E-state index >= 15 is 0 Å². The molecule has 0 amide bonds. The zero-order valence-corrected chi connectivity index (χ0v) is 35.1. The van der Waals surface area contributed by atoms with Crippen LogP contribution in [0.25, 0.3) is 0 Å². The summed E-state index contributed by atoms with van der Waals surface area (Å²) in [4.78, 5) is 21.2. The van der Waals surface area contributed by atoms with Crippen molar-refractivity contribution in [2.75, 3.05) is 26.4 Å². The molecule has 0 aromatic heterocycles. The third-order valence-electron chi connectivity index (χ3n) is 8.84. The highest BCUT2D eigenvalue weighted by Crippen LogP contribution is 2.42. The molecule has 0 aliphatic rings. The smallest absolute Gasteiger partial charge is 0.463 e. The van der Waals surface area contributed by atoms with Crippen LogP contribution in [0.15, 0.2) is 72.9 Å². The standard InChI is InChI=1S/C45H80NO7P/c1-2-3-4-5-6-7-8-9-10-11-12-13-14-15-16-17-18-19-20-21-22-23-24-25-26-27-28-29-30-31-32-33-34-35-36-37-38-39-45(48)51-42-44(47)43-53-54(49,50)52-41-40-46/h3-4,6-7,9-10,12-13,15-16,18-19,44,47H,2,5,8,11,14,17,20-43,46H2,1H3,(H,49,50)/b4-3-,7-6-,10-9-,13-12-,16-15-,19-18-. The van der Waals surface area contributed by atoms with Gasteiger partial charge in [0.25, 0.3) is 0 Å². The molecule has 0 aromatic rings. The Bertz CT molecular complexity index is 1050. The van der Waals surface area contributed by atoms with Gasteiger partial charge in [-0.25, -0.2) is 4.57 Å². The van der Waals surface area contributed by atoms with Crippen LogP contribution in [0.3, 0.4) is 0 Å². The fraction of sp³-hybridized carbons (Fsp3) is 0.711. The van der Waals surface area contributed by atoms with Crippen LogP contribution in [-0.4, -0.2) is 48.4 Å². The number of ether oxygens (including phenoxy) is 1. The van der Waals surface area contributed by atoms with Gasteiger partial charge >= 0.3 is 13.8 Å². The Hall–Kier alpha value is -2.06. The second-order valence-corrected chi connectivity index (χ2v) is 15.5. The first kappa shape index (κ1) is 51.9. The maximum absolute atomic E-state index is 11.9. The summed E-state index contributed by atoms with van der Waals surface area (Å²) in [5.74, 6) is -0.385. The number of aliphatic hydroxyl groups is 1. The SMILES string of the molecule is CC/C=C\C/C=C\C/C=C\C/C=C\C/C=C\C/C=C\CCCCCCCCCCCCCCCCCCCCC(=O)OCC(O)COP(=O)(O)OCCN. The zero-order chi connectivity index (χ0) is 39.5. The summed E-state index contributed by atoms with van der Waals surface area (Å²) in [6.07, 6.45) is 56.6. The van der Waals surface area contributed by atoms with E-state index in [0.29, 0.717) is 6.42 Å². The number of unbranched alkanes of at least 4 members (excludes halogenated alkanes) is 18. The molecular weight excluding hydrogens is 697 g/mol. The van der Waals surface area contributed by atoms with Gasteiger partial charge in [0.1, 0.15) is 12.7 Å². The van der Waals surface area contributed by atoms with Crippen molar-refractivity contribution in [2.45, 2.75) is 180 Å². The van der Waals surface area contributed by atoms with E-state index in [1.54, 1.807) is 0 Å². The number of hydrogen-bond donors (Lipinski definition) is 3. The van der Waals surface area contributed by atoms with Gasteiger partial charge < -0.3 is 20.5 Å². The van der Waals surface area contributed by atoms with Gasteiger partial charge in [-0.15, -0.1) is 0 Å². The minimum Gasteiger partial charge on any atom is -0.463 e. The van der Waals surface area contributed by atoms with Crippen molar-refractivity contribution in [3.05, 3.63) is 72.9 Å². The Kier molecular flexibility index (Phi) is 40.5. The first-order valence-electron chi connectivity index (χ1n) is 21.5. The summed E-state index contributed by atoms with van der Waals surface area (Å²) in [6.45, 7) is 1.35. The van der Waals surface area contributed by atoms with Crippen LogP contribution in [-0.2, 0) is 23.1 Å². The van der Waals surface area contributed by atoms with Crippen molar-refractivity contribution in [1.82, 2.24) is 0 Å². The fourth-order valence-corrected chi connectivity index (χ4v) is 6.47. The van der Waals surface area contributed by atoms with Gasteiger partial charge in [-0.3, -0.25) is 13.8 Å². The van der Waals surface area contributed by atoms with Crippen molar-refractivity contribution in [3.63, 3.8) is 0 Å². The molecule has 8 nitrogen and oxygen atoms in total. The van der Waals surface area contributed by atoms with Gasteiger partial charge in [-0.1, -0.05) is 183 Å². The Morgan fingerprint density at radius 1 is 0.556 bits per heavy atom. The first-order valence-corrected chi connectivity index (χ1v) is 23.0. The van der Waals surface area contributed by atoms with E-state index in [4.69, 9.17) is 10.5 Å². The Labute approximate surface area is 331 Å². The predicted octanol–water partition coefficient (Wildman–Crippen LogP) is 12.5. The van der Waals surface area contributed by atoms with E-state index < -0.39 is 20.5 Å². The van der Waals surface area contributed by atoms with Crippen LogP contribution in [0.2, 0.25) is 0 Å². The lowest BCUT2D eigenvalue weighted by Gasteiger charge is -2.15. The Morgan fingerprint density at radius 2 is 0.926 bits per heavy atom. The molecule has 0 saturated heterocycles. The highest BCUT2D eigenvalue weighted by Gasteiger charge is 2.22. The number of phosphoric acid groups is 1. The number of aliphatic hydroxyl groups excluding tert-OH is 1. The molecule has 312 valence electrons. The monoisotopic (exact) mass is 778 g/mol. The van der Waals surface area contributed by atoms with E-state index in [2.05, 4.69) is 88.9 Å². The van der Waals surface area contributed by atoms with Crippen LogP contribution in [0.5, 0.6) is 0 Å². The summed E-state index contributed by atoms with van der Waals surface area (Å²) in [6, 6.07) is 0. The van der Waals surface area contributed by atoms with Crippen LogP contribution < -0.4 is 5.73 Å². The average molecular weight is 778 g/mol. The van der Waals surface area contributed by atoms with Crippen LogP contribution in [0, 0.1) is 0 Å². The molecule has 0 aliphatic carbocycles. The first-order chi connectivity index (χ1) is 26.4. The Morgan fingerprint density at radius 3 is 1.33 bits per heavy atom. The van der Waals surface area contributed by atoms with Crippen molar-refractivity contribution in [3.8, 4) is 0 Å². The summed E-state index contributed by atoms with van der Waals surface area (Å²) in [5, 5.41) is 9.77. The van der Waals surface area contributed by atoms with Crippen molar-refractivity contribution < 1.29 is 33.1 Å². The molecule has 0 fully saturated rings. The molecule has 0 rings (SSSR count). The van der Waals surface area contributed by atoms with Crippen LogP contribution in [0.4, 0.5) is 0 Å². The molecule has 0 bridgehead atoms. The highest BCUT2D eigenvalue weighted by molar-refractivity contribution is 7.47. The molecule has 0 heterocycles. The fourth-order valence-electron chi connectivity index (χ4n) is 5.69. The average Bonchev–Trinajstić information content (AvgIpc) is 3.16. The van der Waals surface area contributed by atoms with Gasteiger partial charge in [0.2, 0.25) is 0 Å². The van der Waals surface area contributed by atoms with E-state index in [1.165, 1.54) is 103 Å². The Balaban J connectivity index is 3.37. The predicted molar refractivity (Wildman–Crippen MR) is 228 cm³/mol. The summed E-state index contributed by atoms with van der Waals surface area (Å²) >= 11 is 0. The maximum atomic E-state index is 11.9. The van der Waals surface area contributed by atoms with Crippen LogP contribution >= 0.6 is 7.82 Å². The van der Waals surface area contributed by atoms with E-state index in [0.717, 1.165) is 57.8 Å². The third-order valence-corrected chi connectivity index (χ3v) is 9.82. The van der Waals surface area contributed by atoms with Crippen molar-refractivity contribution in [1.29, 1.82) is 0 Å².